The molecule has 2 aromatic rings. The van der Waals surface area contributed by atoms with Gasteiger partial charge in [-0.1, -0.05) is 6.07 Å². The van der Waals surface area contributed by atoms with E-state index in [1.807, 2.05) is 17.5 Å². The van der Waals surface area contributed by atoms with Gasteiger partial charge in [0.15, 0.2) is 0 Å². The summed E-state index contributed by atoms with van der Waals surface area (Å²) in [5, 5.41) is 4.49. The van der Waals surface area contributed by atoms with Gasteiger partial charge in [-0.3, -0.25) is 4.79 Å². The zero-order valence-electron chi connectivity index (χ0n) is 8.74. The lowest BCUT2D eigenvalue weighted by Crippen LogP contribution is -2.22. The standard InChI is InChI=1S/C12H9F2NOS/c13-9-4-8(5-10(14)6-9)12(16)15-7-11-2-1-3-17-11/h1-6H,7H2,(H,15,16). The number of carbonyl (C=O) groups excluding carboxylic acids is 1. The molecule has 0 bridgehead atoms. The highest BCUT2D eigenvalue weighted by molar-refractivity contribution is 7.09. The summed E-state index contributed by atoms with van der Waals surface area (Å²) in [5.74, 6) is -2.01. The topological polar surface area (TPSA) is 29.1 Å². The number of carbonyl (C=O) groups is 1. The van der Waals surface area contributed by atoms with E-state index in [4.69, 9.17) is 0 Å². The molecule has 1 heterocycles. The van der Waals surface area contributed by atoms with Crippen LogP contribution in [-0.2, 0) is 6.54 Å². The van der Waals surface area contributed by atoms with Crippen LogP contribution in [0.25, 0.3) is 0 Å². The third-order valence-electron chi connectivity index (χ3n) is 2.13. The highest BCUT2D eigenvalue weighted by Crippen LogP contribution is 2.10. The Morgan fingerprint density at radius 1 is 1.24 bits per heavy atom. The third kappa shape index (κ3) is 3.10. The first-order chi connectivity index (χ1) is 8.15. The number of hydrogen-bond donors (Lipinski definition) is 1. The molecule has 2 rings (SSSR count). The van der Waals surface area contributed by atoms with Crippen LogP contribution in [0.4, 0.5) is 8.78 Å². The van der Waals surface area contributed by atoms with Crippen molar-refractivity contribution in [3.63, 3.8) is 0 Å². The van der Waals surface area contributed by atoms with Crippen molar-refractivity contribution in [1.82, 2.24) is 5.32 Å². The Kier molecular flexibility index (Phi) is 3.49. The molecule has 0 atom stereocenters. The summed E-state index contributed by atoms with van der Waals surface area (Å²) in [6, 6.07) is 6.49. The molecule has 0 spiro atoms. The number of hydrogen-bond acceptors (Lipinski definition) is 2. The second kappa shape index (κ2) is 5.05. The van der Waals surface area contributed by atoms with Gasteiger partial charge in [0, 0.05) is 16.5 Å². The SMILES string of the molecule is O=C(NCc1cccs1)c1cc(F)cc(F)c1. The molecule has 0 saturated carbocycles. The van der Waals surface area contributed by atoms with E-state index >= 15 is 0 Å². The quantitative estimate of drug-likeness (QED) is 0.895. The monoisotopic (exact) mass is 253 g/mol. The van der Waals surface area contributed by atoms with Crippen molar-refractivity contribution < 1.29 is 13.6 Å². The third-order valence-corrected chi connectivity index (χ3v) is 3.00. The zero-order chi connectivity index (χ0) is 12.3. The Bertz CT molecular complexity index is 505. The molecule has 1 aromatic carbocycles. The zero-order valence-corrected chi connectivity index (χ0v) is 9.56. The first kappa shape index (κ1) is 11.7. The van der Waals surface area contributed by atoms with Gasteiger partial charge in [0.1, 0.15) is 11.6 Å². The fraction of sp³-hybridized carbons (Fsp3) is 0.0833. The number of rotatable bonds is 3. The molecule has 1 N–H and O–H groups in total. The van der Waals surface area contributed by atoms with E-state index in [0.29, 0.717) is 6.54 Å². The van der Waals surface area contributed by atoms with E-state index in [0.717, 1.165) is 23.1 Å². The summed E-state index contributed by atoms with van der Waals surface area (Å²) in [6.45, 7) is 0.356. The van der Waals surface area contributed by atoms with Crippen LogP contribution >= 0.6 is 11.3 Å². The van der Waals surface area contributed by atoms with Crippen molar-refractivity contribution in [1.29, 1.82) is 0 Å². The molecule has 0 aliphatic heterocycles. The van der Waals surface area contributed by atoms with Gasteiger partial charge in [-0.25, -0.2) is 8.78 Å². The van der Waals surface area contributed by atoms with Gasteiger partial charge in [-0.15, -0.1) is 11.3 Å². The average Bonchev–Trinajstić information content (AvgIpc) is 2.77. The Morgan fingerprint density at radius 2 is 1.94 bits per heavy atom. The highest BCUT2D eigenvalue weighted by atomic mass is 32.1. The van der Waals surface area contributed by atoms with Crippen molar-refractivity contribution in [2.75, 3.05) is 0 Å². The predicted octanol–water partition coefficient (Wildman–Crippen LogP) is 2.96. The van der Waals surface area contributed by atoms with Gasteiger partial charge in [0.05, 0.1) is 6.54 Å². The summed E-state index contributed by atoms with van der Waals surface area (Å²) in [5.41, 5.74) is -0.0148. The predicted molar refractivity (Wildman–Crippen MR) is 61.8 cm³/mol. The smallest absolute Gasteiger partial charge is 0.251 e. The summed E-state index contributed by atoms with van der Waals surface area (Å²) < 4.78 is 25.8. The fourth-order valence-electron chi connectivity index (χ4n) is 1.37. The van der Waals surface area contributed by atoms with Crippen LogP contribution in [-0.4, -0.2) is 5.91 Å². The molecular weight excluding hydrogens is 244 g/mol. The van der Waals surface area contributed by atoms with E-state index in [9.17, 15) is 13.6 Å². The largest absolute Gasteiger partial charge is 0.347 e. The summed E-state index contributed by atoms with van der Waals surface area (Å²) in [4.78, 5) is 12.6. The molecule has 2 nitrogen and oxygen atoms in total. The first-order valence-electron chi connectivity index (χ1n) is 4.92. The molecule has 1 amide bonds. The van der Waals surface area contributed by atoms with Gasteiger partial charge >= 0.3 is 0 Å². The number of amides is 1. The van der Waals surface area contributed by atoms with E-state index in [-0.39, 0.29) is 5.56 Å². The first-order valence-corrected chi connectivity index (χ1v) is 5.80. The lowest BCUT2D eigenvalue weighted by molar-refractivity contribution is 0.0950. The van der Waals surface area contributed by atoms with E-state index in [1.165, 1.54) is 11.3 Å². The Balaban J connectivity index is 2.04. The molecule has 1 aromatic heterocycles. The molecular formula is C12H9F2NOS. The number of nitrogens with one attached hydrogen (secondary N) is 1. The maximum absolute atomic E-state index is 12.9. The maximum atomic E-state index is 12.9. The normalized spacial score (nSPS) is 10.2. The second-order valence-electron chi connectivity index (χ2n) is 3.42. The van der Waals surface area contributed by atoms with Crippen LogP contribution in [0.2, 0.25) is 0 Å². The van der Waals surface area contributed by atoms with Crippen LogP contribution in [0, 0.1) is 11.6 Å². The molecule has 17 heavy (non-hydrogen) atoms. The Morgan fingerprint density at radius 3 is 2.53 bits per heavy atom. The summed E-state index contributed by atoms with van der Waals surface area (Å²) in [6.07, 6.45) is 0. The number of halogens is 2. The molecule has 0 saturated heterocycles. The lowest BCUT2D eigenvalue weighted by atomic mass is 10.2. The van der Waals surface area contributed by atoms with Crippen molar-refractivity contribution in [3.05, 3.63) is 57.8 Å². The molecule has 88 valence electrons. The van der Waals surface area contributed by atoms with Crippen LogP contribution in [0.3, 0.4) is 0 Å². The van der Waals surface area contributed by atoms with Crippen molar-refractivity contribution >= 4 is 17.2 Å². The van der Waals surface area contributed by atoms with E-state index in [2.05, 4.69) is 5.32 Å². The number of thiophene rings is 1. The van der Waals surface area contributed by atoms with E-state index in [1.54, 1.807) is 0 Å². The van der Waals surface area contributed by atoms with Crippen molar-refractivity contribution in [3.8, 4) is 0 Å². The molecule has 0 radical (unpaired) electrons. The van der Waals surface area contributed by atoms with Crippen LogP contribution < -0.4 is 5.32 Å². The average molecular weight is 253 g/mol. The van der Waals surface area contributed by atoms with Gasteiger partial charge in [-0.2, -0.15) is 0 Å². The van der Waals surface area contributed by atoms with Crippen LogP contribution in [0.5, 0.6) is 0 Å². The second-order valence-corrected chi connectivity index (χ2v) is 4.45. The minimum absolute atomic E-state index is 0.0148. The van der Waals surface area contributed by atoms with Gasteiger partial charge in [-0.05, 0) is 23.6 Å². The lowest BCUT2D eigenvalue weighted by Gasteiger charge is -2.04. The maximum Gasteiger partial charge on any atom is 0.251 e. The van der Waals surface area contributed by atoms with Gasteiger partial charge < -0.3 is 5.32 Å². The molecule has 0 unspecified atom stereocenters. The minimum Gasteiger partial charge on any atom is -0.347 e. The fourth-order valence-corrected chi connectivity index (χ4v) is 2.01. The van der Waals surface area contributed by atoms with Crippen LogP contribution in [0.15, 0.2) is 35.7 Å². The van der Waals surface area contributed by atoms with Crippen molar-refractivity contribution in [2.24, 2.45) is 0 Å². The molecule has 5 heteroatoms. The highest BCUT2D eigenvalue weighted by Gasteiger charge is 2.08. The van der Waals surface area contributed by atoms with E-state index < -0.39 is 17.5 Å². The summed E-state index contributed by atoms with van der Waals surface area (Å²) in [7, 11) is 0. The molecule has 0 aliphatic rings. The molecule has 0 aliphatic carbocycles. The summed E-state index contributed by atoms with van der Waals surface area (Å²) >= 11 is 1.50. The molecule has 0 fully saturated rings. The Hall–Kier alpha value is -1.75. The van der Waals surface area contributed by atoms with Crippen molar-refractivity contribution in [2.45, 2.75) is 6.54 Å². The number of benzene rings is 1. The minimum atomic E-state index is -0.758. The van der Waals surface area contributed by atoms with Gasteiger partial charge in [0.25, 0.3) is 5.91 Å². The van der Waals surface area contributed by atoms with Gasteiger partial charge in [0.2, 0.25) is 0 Å². The Labute approximate surface area is 101 Å². The van der Waals surface area contributed by atoms with Crippen LogP contribution in [0.1, 0.15) is 15.2 Å².